The van der Waals surface area contributed by atoms with E-state index in [0.717, 1.165) is 23.2 Å². The van der Waals surface area contributed by atoms with E-state index >= 15 is 0 Å². The Balaban J connectivity index is 1.71. The monoisotopic (exact) mass is 367 g/mol. The van der Waals surface area contributed by atoms with Crippen LogP contribution in [-0.2, 0) is 0 Å². The maximum absolute atomic E-state index is 12.7. The normalized spacial score (nSPS) is 10.4. The van der Waals surface area contributed by atoms with Crippen LogP contribution in [0.5, 0.6) is 0 Å². The van der Waals surface area contributed by atoms with Gasteiger partial charge in [-0.2, -0.15) is 0 Å². The maximum Gasteiger partial charge on any atom is 0.257 e. The number of nitrogens with one attached hydrogen (secondary N) is 1. The van der Waals surface area contributed by atoms with E-state index in [9.17, 15) is 9.59 Å². The third-order valence-electron chi connectivity index (χ3n) is 4.34. The molecule has 0 radical (unpaired) electrons. The number of amides is 1. The van der Waals surface area contributed by atoms with Crippen LogP contribution in [0.15, 0.2) is 91.1 Å². The summed E-state index contributed by atoms with van der Waals surface area (Å²) in [6, 6.07) is 25.9. The van der Waals surface area contributed by atoms with E-state index in [1.807, 2.05) is 71.4 Å². The fourth-order valence-electron chi connectivity index (χ4n) is 2.89. The topological polar surface area (TPSA) is 64.0 Å². The number of hydrogen-bond acceptors (Lipinski definition) is 3. The fraction of sp³-hybridized carbons (Fsp3) is 0. The summed E-state index contributed by atoms with van der Waals surface area (Å²) < 4.78 is 1.85. The van der Waals surface area contributed by atoms with Crippen molar-refractivity contribution in [2.45, 2.75) is 0 Å². The van der Waals surface area contributed by atoms with Gasteiger partial charge in [-0.25, -0.2) is 4.98 Å². The zero-order valence-electron chi connectivity index (χ0n) is 14.9. The van der Waals surface area contributed by atoms with Gasteiger partial charge in [0, 0.05) is 28.6 Å². The van der Waals surface area contributed by atoms with Crippen molar-refractivity contribution in [2.75, 3.05) is 5.32 Å². The summed E-state index contributed by atoms with van der Waals surface area (Å²) in [4.78, 5) is 28.1. The molecule has 4 aromatic rings. The van der Waals surface area contributed by atoms with Crippen LogP contribution in [0.1, 0.15) is 20.7 Å². The molecular weight excluding hydrogens is 350 g/mol. The minimum atomic E-state index is -0.292. The quantitative estimate of drug-likeness (QED) is 0.524. The van der Waals surface area contributed by atoms with Gasteiger partial charge < -0.3 is 0 Å². The Kier molecular flexibility index (Phi) is 4.80. The molecule has 28 heavy (non-hydrogen) atoms. The van der Waals surface area contributed by atoms with Gasteiger partial charge in [-0.15, -0.1) is 0 Å². The molecule has 5 nitrogen and oxygen atoms in total. The number of rotatable bonds is 5. The van der Waals surface area contributed by atoms with Crippen molar-refractivity contribution in [3.8, 4) is 16.9 Å². The number of imidazole rings is 1. The number of benzene rings is 3. The number of aromatic nitrogens is 2. The molecule has 136 valence electrons. The highest BCUT2D eigenvalue weighted by Gasteiger charge is 2.15. The van der Waals surface area contributed by atoms with Gasteiger partial charge in [0.25, 0.3) is 5.91 Å². The summed E-state index contributed by atoms with van der Waals surface area (Å²) >= 11 is 0. The van der Waals surface area contributed by atoms with Crippen molar-refractivity contribution in [2.24, 2.45) is 0 Å². The second kappa shape index (κ2) is 7.72. The van der Waals surface area contributed by atoms with Crippen LogP contribution >= 0.6 is 0 Å². The molecule has 0 unspecified atom stereocenters. The summed E-state index contributed by atoms with van der Waals surface area (Å²) in [6.07, 6.45) is 2.64. The number of aldehydes is 1. The highest BCUT2D eigenvalue weighted by Crippen LogP contribution is 2.24. The predicted molar refractivity (Wildman–Crippen MR) is 109 cm³/mol. The van der Waals surface area contributed by atoms with Crippen molar-refractivity contribution in [3.05, 3.63) is 102 Å². The summed E-state index contributed by atoms with van der Waals surface area (Å²) in [5, 5.41) is 2.88. The van der Waals surface area contributed by atoms with E-state index in [1.165, 1.54) is 0 Å². The van der Waals surface area contributed by atoms with Crippen LogP contribution in [0.3, 0.4) is 0 Å². The van der Waals surface area contributed by atoms with E-state index in [4.69, 9.17) is 0 Å². The van der Waals surface area contributed by atoms with Crippen LogP contribution in [0, 0.1) is 0 Å². The first kappa shape index (κ1) is 17.4. The highest BCUT2D eigenvalue weighted by molar-refractivity contribution is 6.04. The van der Waals surface area contributed by atoms with Crippen LogP contribution in [-0.4, -0.2) is 21.7 Å². The first-order valence-corrected chi connectivity index (χ1v) is 8.81. The van der Waals surface area contributed by atoms with E-state index in [2.05, 4.69) is 10.3 Å². The second-order valence-corrected chi connectivity index (χ2v) is 6.22. The highest BCUT2D eigenvalue weighted by atomic mass is 16.1. The number of hydrogen-bond donors (Lipinski definition) is 1. The van der Waals surface area contributed by atoms with Gasteiger partial charge >= 0.3 is 0 Å². The molecule has 1 heterocycles. The maximum atomic E-state index is 12.7. The predicted octanol–water partition coefficient (Wildman–Crippen LogP) is 4.60. The molecule has 0 aliphatic heterocycles. The molecule has 0 spiro atoms. The van der Waals surface area contributed by atoms with Gasteiger partial charge in [-0.05, 0) is 24.3 Å². The standard InChI is InChI=1S/C23H17N3O2/c27-16-17-11-13-19(14-12-17)22(28)25-23-24-21(18-7-3-1-4-8-18)15-26(23)20-9-5-2-6-10-20/h1-16H,(H,24,25,28). The van der Waals surface area contributed by atoms with Gasteiger partial charge in [0.1, 0.15) is 6.29 Å². The molecule has 1 N–H and O–H groups in total. The third-order valence-corrected chi connectivity index (χ3v) is 4.34. The molecule has 0 fully saturated rings. The van der Waals surface area contributed by atoms with Crippen molar-refractivity contribution in [1.82, 2.24) is 9.55 Å². The Labute approximate surface area is 162 Å². The fourth-order valence-corrected chi connectivity index (χ4v) is 2.89. The molecule has 1 amide bonds. The second-order valence-electron chi connectivity index (χ2n) is 6.22. The van der Waals surface area contributed by atoms with Gasteiger partial charge in [0.2, 0.25) is 5.95 Å². The molecule has 0 aliphatic carbocycles. The summed E-state index contributed by atoms with van der Waals surface area (Å²) in [5.41, 5.74) is 3.59. The summed E-state index contributed by atoms with van der Waals surface area (Å²) in [6.45, 7) is 0. The molecule has 1 aromatic heterocycles. The van der Waals surface area contributed by atoms with Crippen LogP contribution in [0.4, 0.5) is 5.95 Å². The minimum Gasteiger partial charge on any atom is -0.298 e. The van der Waals surface area contributed by atoms with Gasteiger partial charge in [0.05, 0.1) is 5.69 Å². The lowest BCUT2D eigenvalue weighted by atomic mass is 10.1. The van der Waals surface area contributed by atoms with Crippen LogP contribution in [0.2, 0.25) is 0 Å². The van der Waals surface area contributed by atoms with Crippen molar-refractivity contribution < 1.29 is 9.59 Å². The lowest BCUT2D eigenvalue weighted by molar-refractivity contribution is 0.102. The zero-order chi connectivity index (χ0) is 19.3. The lowest BCUT2D eigenvalue weighted by Gasteiger charge is -2.09. The zero-order valence-corrected chi connectivity index (χ0v) is 14.9. The first-order chi connectivity index (χ1) is 13.7. The lowest BCUT2D eigenvalue weighted by Crippen LogP contribution is -2.15. The number of carbonyl (C=O) groups is 2. The first-order valence-electron chi connectivity index (χ1n) is 8.81. The Morgan fingerprint density at radius 2 is 1.50 bits per heavy atom. The number of nitrogens with zero attached hydrogens (tertiary/aromatic N) is 2. The summed E-state index contributed by atoms with van der Waals surface area (Å²) in [7, 11) is 0. The van der Waals surface area contributed by atoms with E-state index in [1.54, 1.807) is 24.3 Å². The molecule has 0 atom stereocenters. The number of anilines is 1. The average molecular weight is 367 g/mol. The van der Waals surface area contributed by atoms with Crippen LogP contribution < -0.4 is 5.32 Å². The SMILES string of the molecule is O=Cc1ccc(C(=O)Nc2nc(-c3ccccc3)cn2-c2ccccc2)cc1. The van der Waals surface area contributed by atoms with E-state index in [-0.39, 0.29) is 5.91 Å². The van der Waals surface area contributed by atoms with Crippen molar-refractivity contribution >= 4 is 18.1 Å². The molecule has 3 aromatic carbocycles. The molecule has 5 heteroatoms. The van der Waals surface area contributed by atoms with Gasteiger partial charge in [0.15, 0.2) is 0 Å². The molecule has 0 saturated heterocycles. The van der Waals surface area contributed by atoms with Gasteiger partial charge in [-0.3, -0.25) is 19.5 Å². The van der Waals surface area contributed by atoms with Gasteiger partial charge in [-0.1, -0.05) is 60.7 Å². The van der Waals surface area contributed by atoms with Crippen molar-refractivity contribution in [1.29, 1.82) is 0 Å². The Morgan fingerprint density at radius 1 is 0.857 bits per heavy atom. The smallest absolute Gasteiger partial charge is 0.257 e. The van der Waals surface area contributed by atoms with Crippen LogP contribution in [0.25, 0.3) is 16.9 Å². The Morgan fingerprint density at radius 3 is 2.14 bits per heavy atom. The third kappa shape index (κ3) is 3.59. The van der Waals surface area contributed by atoms with E-state index < -0.39 is 0 Å². The largest absolute Gasteiger partial charge is 0.298 e. The number of para-hydroxylation sites is 1. The molecule has 0 bridgehead atoms. The minimum absolute atomic E-state index is 0.292. The molecule has 4 rings (SSSR count). The molecular formula is C23H17N3O2. The Hall–Kier alpha value is -3.99. The van der Waals surface area contributed by atoms with E-state index in [0.29, 0.717) is 17.1 Å². The average Bonchev–Trinajstić information content (AvgIpc) is 3.19. The number of carbonyl (C=O) groups excluding carboxylic acids is 2. The Bertz CT molecular complexity index is 1100. The molecule has 0 aliphatic rings. The summed E-state index contributed by atoms with van der Waals surface area (Å²) in [5.74, 6) is 0.134. The molecule has 0 saturated carbocycles. The van der Waals surface area contributed by atoms with Crippen molar-refractivity contribution in [3.63, 3.8) is 0 Å².